The smallest absolute Gasteiger partial charge is 0.339 e. The van der Waals surface area contributed by atoms with Gasteiger partial charge in [0, 0.05) is 0 Å². The van der Waals surface area contributed by atoms with Crippen LogP contribution in [0.1, 0.15) is 59.9 Å². The maximum atomic E-state index is 12.3. The van der Waals surface area contributed by atoms with Crippen LogP contribution in [0.5, 0.6) is 5.75 Å². The molecule has 2 atom stereocenters. The second-order valence-electron chi connectivity index (χ2n) is 8.98. The fourth-order valence-corrected chi connectivity index (χ4v) is 2.51. The Hall–Kier alpha value is -2.07. The molecule has 1 aromatic rings. The number of methoxy groups -OCH3 is 1. The third-order valence-corrected chi connectivity index (χ3v) is 4.97. The zero-order chi connectivity index (χ0) is 21.4. The zero-order valence-corrected chi connectivity index (χ0v) is 18.4. The number of ether oxygens (including phenoxy) is 2. The van der Waals surface area contributed by atoms with Crippen molar-refractivity contribution in [2.75, 3.05) is 7.11 Å². The summed E-state index contributed by atoms with van der Waals surface area (Å²) in [4.78, 5) is 12.3. The van der Waals surface area contributed by atoms with Gasteiger partial charge in [0.15, 0.2) is 6.10 Å². The second kappa shape index (κ2) is 10.5. The number of hydrogen-bond donors (Lipinski definition) is 1. The Balaban J connectivity index is 2.68. The molecule has 1 aromatic carbocycles. The molecule has 0 saturated heterocycles. The van der Waals surface area contributed by atoms with E-state index in [9.17, 15) is 9.90 Å². The van der Waals surface area contributed by atoms with Crippen LogP contribution in [0.25, 0.3) is 6.08 Å². The van der Waals surface area contributed by atoms with Gasteiger partial charge in [0.05, 0.1) is 7.11 Å². The first-order valence-corrected chi connectivity index (χ1v) is 9.86. The predicted molar refractivity (Wildman–Crippen MR) is 115 cm³/mol. The van der Waals surface area contributed by atoms with Gasteiger partial charge in [0.25, 0.3) is 0 Å². The van der Waals surface area contributed by atoms with Crippen molar-refractivity contribution in [3.63, 3.8) is 0 Å². The average molecular weight is 389 g/mol. The van der Waals surface area contributed by atoms with E-state index in [4.69, 9.17) is 9.47 Å². The first kappa shape index (κ1) is 24.0. The minimum atomic E-state index is -1.28. The molecule has 0 aliphatic heterocycles. The minimum absolute atomic E-state index is 0.0696. The van der Waals surface area contributed by atoms with Crippen molar-refractivity contribution in [3.8, 4) is 5.75 Å². The molecule has 28 heavy (non-hydrogen) atoms. The van der Waals surface area contributed by atoms with Crippen molar-refractivity contribution in [1.82, 2.24) is 0 Å². The van der Waals surface area contributed by atoms with Crippen molar-refractivity contribution in [3.05, 3.63) is 48.1 Å². The van der Waals surface area contributed by atoms with E-state index in [1.165, 1.54) is 6.08 Å². The molecule has 0 spiro atoms. The molecule has 0 saturated carbocycles. The highest BCUT2D eigenvalue weighted by atomic mass is 16.6. The Bertz CT molecular complexity index is 663. The molecule has 0 radical (unpaired) electrons. The van der Waals surface area contributed by atoms with E-state index in [2.05, 4.69) is 41.5 Å². The van der Waals surface area contributed by atoms with Crippen LogP contribution >= 0.6 is 0 Å². The molecule has 4 nitrogen and oxygen atoms in total. The Labute approximate surface area is 170 Å². The van der Waals surface area contributed by atoms with Gasteiger partial charge >= 0.3 is 5.97 Å². The van der Waals surface area contributed by atoms with E-state index in [1.54, 1.807) is 19.3 Å². The van der Waals surface area contributed by atoms with Gasteiger partial charge in [-0.25, -0.2) is 4.79 Å². The van der Waals surface area contributed by atoms with Crippen LogP contribution < -0.4 is 4.74 Å². The predicted octanol–water partition coefficient (Wildman–Crippen LogP) is 5.41. The van der Waals surface area contributed by atoms with E-state index in [-0.39, 0.29) is 16.9 Å². The number of aliphatic hydroxyl groups is 1. The number of hydrogen-bond acceptors (Lipinski definition) is 4. The Kier molecular flexibility index (Phi) is 8.96. The monoisotopic (exact) mass is 388 g/mol. The van der Waals surface area contributed by atoms with Crippen LogP contribution in [-0.2, 0) is 9.53 Å². The number of carbonyl (C=O) groups excluding carboxylic acids is 1. The number of aliphatic hydroxyl groups excluding tert-OH is 1. The summed E-state index contributed by atoms with van der Waals surface area (Å²) in [5.41, 5.74) is 0.872. The standard InChI is InChI=1S/C24H36O4/c1-8-24(5,6)17-21(23(2,3)4)28-22(26)20(25)12-10-9-11-18-13-15-19(27-7)16-14-18/h9-16,20-21,25H,8,17H2,1-7H3. The Morgan fingerprint density at radius 1 is 1.11 bits per heavy atom. The third-order valence-electron chi connectivity index (χ3n) is 4.97. The molecule has 0 heterocycles. The van der Waals surface area contributed by atoms with Crippen LogP contribution in [0.3, 0.4) is 0 Å². The van der Waals surface area contributed by atoms with Gasteiger partial charge in [-0.1, -0.05) is 78.3 Å². The van der Waals surface area contributed by atoms with Crippen LogP contribution in [-0.4, -0.2) is 30.4 Å². The first-order chi connectivity index (χ1) is 13.0. The highest BCUT2D eigenvalue weighted by molar-refractivity contribution is 5.76. The van der Waals surface area contributed by atoms with Crippen LogP contribution in [0.4, 0.5) is 0 Å². The summed E-state index contributed by atoms with van der Waals surface area (Å²) < 4.78 is 10.8. The van der Waals surface area contributed by atoms with Gasteiger partial charge in [-0.3, -0.25) is 0 Å². The summed E-state index contributed by atoms with van der Waals surface area (Å²) >= 11 is 0. The molecule has 0 bridgehead atoms. The number of allylic oxidation sites excluding steroid dienone is 2. The lowest BCUT2D eigenvalue weighted by Gasteiger charge is -2.36. The van der Waals surface area contributed by atoms with Gasteiger partial charge in [-0.05, 0) is 41.0 Å². The second-order valence-corrected chi connectivity index (χ2v) is 8.98. The molecule has 0 aromatic heterocycles. The highest BCUT2D eigenvalue weighted by Crippen LogP contribution is 2.35. The van der Waals surface area contributed by atoms with Crippen molar-refractivity contribution >= 4 is 12.0 Å². The lowest BCUT2D eigenvalue weighted by Crippen LogP contribution is -2.38. The number of carbonyl (C=O) groups is 1. The van der Waals surface area contributed by atoms with Crippen LogP contribution in [0.15, 0.2) is 42.5 Å². The summed E-state index contributed by atoms with van der Waals surface area (Å²) in [7, 11) is 1.63. The van der Waals surface area contributed by atoms with E-state index in [0.717, 1.165) is 24.2 Å². The number of rotatable bonds is 9. The van der Waals surface area contributed by atoms with Crippen LogP contribution in [0.2, 0.25) is 0 Å². The lowest BCUT2D eigenvalue weighted by atomic mass is 9.76. The largest absolute Gasteiger partial charge is 0.497 e. The molecule has 0 aliphatic rings. The summed E-state index contributed by atoms with van der Waals surface area (Å²) in [5, 5.41) is 10.1. The molecule has 0 aliphatic carbocycles. The van der Waals surface area contributed by atoms with Crippen molar-refractivity contribution in [1.29, 1.82) is 0 Å². The Morgan fingerprint density at radius 3 is 2.21 bits per heavy atom. The molecular formula is C24H36O4. The molecule has 2 unspecified atom stereocenters. The van der Waals surface area contributed by atoms with Gasteiger partial charge in [-0.15, -0.1) is 0 Å². The van der Waals surface area contributed by atoms with Crippen molar-refractivity contribution in [2.45, 2.75) is 66.6 Å². The van der Waals surface area contributed by atoms with Crippen LogP contribution in [0, 0.1) is 10.8 Å². The van der Waals surface area contributed by atoms with Crippen molar-refractivity contribution < 1.29 is 19.4 Å². The molecule has 156 valence electrons. The van der Waals surface area contributed by atoms with Crippen molar-refractivity contribution in [2.24, 2.45) is 10.8 Å². The van der Waals surface area contributed by atoms with E-state index in [1.807, 2.05) is 30.3 Å². The molecule has 4 heteroatoms. The quantitative estimate of drug-likeness (QED) is 0.454. The molecular weight excluding hydrogens is 352 g/mol. The number of esters is 1. The molecule has 0 amide bonds. The summed E-state index contributed by atoms with van der Waals surface area (Å²) in [6.45, 7) is 12.6. The molecule has 0 fully saturated rings. The molecule has 1 rings (SSSR count). The Morgan fingerprint density at radius 2 is 1.71 bits per heavy atom. The SMILES string of the molecule is CCC(C)(C)CC(OC(=O)C(O)C=CC=Cc1ccc(OC)cc1)C(C)(C)C. The first-order valence-electron chi connectivity index (χ1n) is 9.86. The average Bonchev–Trinajstić information content (AvgIpc) is 2.64. The number of benzene rings is 1. The van der Waals surface area contributed by atoms with Gasteiger partial charge in [0.1, 0.15) is 11.9 Å². The summed E-state index contributed by atoms with van der Waals surface area (Å²) in [6.07, 6.45) is 6.96. The maximum absolute atomic E-state index is 12.3. The summed E-state index contributed by atoms with van der Waals surface area (Å²) in [5.74, 6) is 0.187. The van der Waals surface area contributed by atoms with E-state index in [0.29, 0.717) is 0 Å². The van der Waals surface area contributed by atoms with E-state index < -0.39 is 12.1 Å². The fourth-order valence-electron chi connectivity index (χ4n) is 2.51. The van der Waals surface area contributed by atoms with E-state index >= 15 is 0 Å². The topological polar surface area (TPSA) is 55.8 Å². The lowest BCUT2D eigenvalue weighted by molar-refractivity contribution is -0.164. The maximum Gasteiger partial charge on any atom is 0.339 e. The molecule has 1 N–H and O–H groups in total. The fraction of sp³-hybridized carbons (Fsp3) is 0.542. The minimum Gasteiger partial charge on any atom is -0.497 e. The van der Waals surface area contributed by atoms with Gasteiger partial charge < -0.3 is 14.6 Å². The normalized spacial score (nSPS) is 15.0. The zero-order valence-electron chi connectivity index (χ0n) is 18.4. The van der Waals surface area contributed by atoms with Gasteiger partial charge in [0.2, 0.25) is 0 Å². The summed E-state index contributed by atoms with van der Waals surface area (Å²) in [6, 6.07) is 7.61. The highest BCUT2D eigenvalue weighted by Gasteiger charge is 2.34. The van der Waals surface area contributed by atoms with Gasteiger partial charge in [-0.2, -0.15) is 0 Å². The third kappa shape index (κ3) is 8.30.